The number of azide groups is 1. The molecule has 86 valence electrons. The number of carbonyl (C=O) groups is 1. The average molecular weight is 216 g/mol. The molecular weight excluding hydrogens is 200 g/mol. The third kappa shape index (κ3) is 7.60. The highest BCUT2D eigenvalue weighted by atomic mass is 16.6. The quantitative estimate of drug-likeness (QED) is 0.195. The van der Waals surface area contributed by atoms with Crippen molar-refractivity contribution in [2.24, 2.45) is 5.11 Å². The normalized spacial score (nSPS) is 10.4. The second-order valence-electron chi connectivity index (χ2n) is 3.91. The lowest BCUT2D eigenvalue weighted by molar-refractivity contribution is -0.0938. The van der Waals surface area contributed by atoms with Crippen LogP contribution in [-0.4, -0.2) is 35.1 Å². The molecule has 0 fully saturated rings. The summed E-state index contributed by atoms with van der Waals surface area (Å²) in [5, 5.41) is 12.9. The number of rotatable bonds is 4. The van der Waals surface area contributed by atoms with Crippen LogP contribution < -0.4 is 0 Å². The molecule has 1 N–H and O–H groups in total. The van der Waals surface area contributed by atoms with E-state index in [9.17, 15) is 10.0 Å². The van der Waals surface area contributed by atoms with E-state index in [1.807, 2.05) is 0 Å². The van der Waals surface area contributed by atoms with Gasteiger partial charge in [0.15, 0.2) is 0 Å². The monoisotopic (exact) mass is 216 g/mol. The summed E-state index contributed by atoms with van der Waals surface area (Å²) >= 11 is 0. The van der Waals surface area contributed by atoms with Gasteiger partial charge in [0.2, 0.25) is 0 Å². The highest BCUT2D eigenvalue weighted by Crippen LogP contribution is 2.08. The average Bonchev–Trinajstić information content (AvgIpc) is 2.09. The SMILES string of the molecule is CC(C)(C)OC(=O)N(O)CCCN=[N+]=[N-]. The van der Waals surface area contributed by atoms with Crippen LogP contribution in [0.5, 0.6) is 0 Å². The van der Waals surface area contributed by atoms with E-state index >= 15 is 0 Å². The van der Waals surface area contributed by atoms with E-state index in [4.69, 9.17) is 10.3 Å². The summed E-state index contributed by atoms with van der Waals surface area (Å²) in [4.78, 5) is 13.7. The highest BCUT2D eigenvalue weighted by molar-refractivity contribution is 5.66. The van der Waals surface area contributed by atoms with Crippen molar-refractivity contribution in [3.8, 4) is 0 Å². The van der Waals surface area contributed by atoms with E-state index in [-0.39, 0.29) is 13.1 Å². The summed E-state index contributed by atoms with van der Waals surface area (Å²) in [5.74, 6) is 0. The largest absolute Gasteiger partial charge is 0.442 e. The number of hydrogen-bond acceptors (Lipinski definition) is 4. The lowest BCUT2D eigenvalue weighted by Gasteiger charge is -2.23. The Kier molecular flexibility index (Phi) is 5.51. The molecule has 0 aromatic heterocycles. The van der Waals surface area contributed by atoms with Gasteiger partial charge in [-0.1, -0.05) is 5.11 Å². The van der Waals surface area contributed by atoms with Gasteiger partial charge in [-0.15, -0.1) is 0 Å². The van der Waals surface area contributed by atoms with Gasteiger partial charge in [0.25, 0.3) is 0 Å². The summed E-state index contributed by atoms with van der Waals surface area (Å²) in [6.07, 6.45) is -0.414. The smallest absolute Gasteiger partial charge is 0.434 e. The topological polar surface area (TPSA) is 98.5 Å². The molecule has 0 saturated heterocycles. The molecule has 0 atom stereocenters. The lowest BCUT2D eigenvalue weighted by atomic mass is 10.2. The summed E-state index contributed by atoms with van der Waals surface area (Å²) in [6.45, 7) is 5.43. The lowest BCUT2D eigenvalue weighted by Crippen LogP contribution is -2.35. The van der Waals surface area contributed by atoms with Crippen LogP contribution in [-0.2, 0) is 4.74 Å². The van der Waals surface area contributed by atoms with E-state index in [1.165, 1.54) is 0 Å². The Morgan fingerprint density at radius 2 is 2.20 bits per heavy atom. The van der Waals surface area contributed by atoms with Crippen molar-refractivity contribution in [2.45, 2.75) is 32.8 Å². The molecule has 0 heterocycles. The molecule has 7 nitrogen and oxygen atoms in total. The summed E-state index contributed by atoms with van der Waals surface area (Å²) in [7, 11) is 0. The van der Waals surface area contributed by atoms with Gasteiger partial charge in [0.1, 0.15) is 5.60 Å². The molecule has 0 spiro atoms. The van der Waals surface area contributed by atoms with Crippen LogP contribution in [0, 0.1) is 0 Å². The van der Waals surface area contributed by atoms with Crippen molar-refractivity contribution >= 4 is 6.09 Å². The molecule has 0 radical (unpaired) electrons. The van der Waals surface area contributed by atoms with Crippen molar-refractivity contribution < 1.29 is 14.7 Å². The minimum Gasteiger partial charge on any atom is -0.442 e. The van der Waals surface area contributed by atoms with Gasteiger partial charge in [0, 0.05) is 11.5 Å². The number of amides is 1. The van der Waals surface area contributed by atoms with Gasteiger partial charge >= 0.3 is 6.09 Å². The van der Waals surface area contributed by atoms with E-state index < -0.39 is 11.7 Å². The molecule has 15 heavy (non-hydrogen) atoms. The Morgan fingerprint density at radius 3 is 2.67 bits per heavy atom. The van der Waals surface area contributed by atoms with E-state index in [1.54, 1.807) is 20.8 Å². The van der Waals surface area contributed by atoms with Crippen molar-refractivity contribution in [3.05, 3.63) is 10.4 Å². The fraction of sp³-hybridized carbons (Fsp3) is 0.875. The van der Waals surface area contributed by atoms with Crippen molar-refractivity contribution in [1.82, 2.24) is 5.06 Å². The second-order valence-corrected chi connectivity index (χ2v) is 3.91. The van der Waals surface area contributed by atoms with E-state index in [0.29, 0.717) is 11.5 Å². The first-order valence-electron chi connectivity index (χ1n) is 4.57. The fourth-order valence-electron chi connectivity index (χ4n) is 0.742. The molecule has 0 aliphatic carbocycles. The molecule has 7 heteroatoms. The Hall–Kier alpha value is -1.46. The maximum atomic E-state index is 11.2. The van der Waals surface area contributed by atoms with Gasteiger partial charge in [-0.25, -0.2) is 4.79 Å². The van der Waals surface area contributed by atoms with Crippen molar-refractivity contribution in [1.29, 1.82) is 0 Å². The minimum atomic E-state index is -0.802. The van der Waals surface area contributed by atoms with Crippen LogP contribution >= 0.6 is 0 Å². The minimum absolute atomic E-state index is 0.0773. The molecule has 0 aromatic carbocycles. The van der Waals surface area contributed by atoms with Crippen LogP contribution in [0.4, 0.5) is 4.79 Å². The Morgan fingerprint density at radius 1 is 1.60 bits per heavy atom. The third-order valence-corrected chi connectivity index (χ3v) is 1.30. The predicted molar refractivity (Wildman–Crippen MR) is 53.4 cm³/mol. The van der Waals surface area contributed by atoms with Crippen LogP contribution in [0.1, 0.15) is 27.2 Å². The first kappa shape index (κ1) is 13.5. The van der Waals surface area contributed by atoms with Crippen molar-refractivity contribution in [2.75, 3.05) is 13.1 Å². The van der Waals surface area contributed by atoms with E-state index in [0.717, 1.165) is 0 Å². The predicted octanol–water partition coefficient (Wildman–Crippen LogP) is 2.31. The molecule has 0 aromatic rings. The van der Waals surface area contributed by atoms with Crippen LogP contribution in [0.15, 0.2) is 5.11 Å². The van der Waals surface area contributed by atoms with Gasteiger partial charge in [-0.2, -0.15) is 5.06 Å². The van der Waals surface area contributed by atoms with Crippen LogP contribution in [0.2, 0.25) is 0 Å². The van der Waals surface area contributed by atoms with Gasteiger partial charge < -0.3 is 4.74 Å². The van der Waals surface area contributed by atoms with Crippen molar-refractivity contribution in [3.63, 3.8) is 0 Å². The summed E-state index contributed by atoms with van der Waals surface area (Å²) < 4.78 is 4.89. The number of carbonyl (C=O) groups excluding carboxylic acids is 1. The number of nitrogens with zero attached hydrogens (tertiary/aromatic N) is 4. The molecule has 0 aliphatic heterocycles. The maximum absolute atomic E-state index is 11.2. The van der Waals surface area contributed by atoms with Crippen LogP contribution in [0.25, 0.3) is 10.4 Å². The zero-order valence-electron chi connectivity index (χ0n) is 9.17. The standard InChI is InChI=1S/C8H16N4O3/c1-8(2,3)15-7(13)12(14)6-4-5-10-11-9/h14H,4-6H2,1-3H3. The zero-order valence-corrected chi connectivity index (χ0v) is 9.17. The molecule has 0 unspecified atom stereocenters. The zero-order chi connectivity index (χ0) is 11.9. The molecule has 0 saturated carbocycles. The Bertz CT molecular complexity index is 255. The van der Waals surface area contributed by atoms with Gasteiger partial charge in [-0.3, -0.25) is 5.21 Å². The van der Waals surface area contributed by atoms with Gasteiger partial charge in [-0.05, 0) is 32.7 Å². The molecule has 0 aliphatic rings. The Labute approximate surface area is 88.2 Å². The number of hydrogen-bond donors (Lipinski definition) is 1. The molecule has 0 rings (SSSR count). The summed E-state index contributed by atoms with van der Waals surface area (Å²) in [6, 6.07) is 0. The fourth-order valence-corrected chi connectivity index (χ4v) is 0.742. The number of ether oxygens (including phenoxy) is 1. The Balaban J connectivity index is 3.84. The van der Waals surface area contributed by atoms with Gasteiger partial charge in [0.05, 0.1) is 6.54 Å². The number of hydroxylamine groups is 2. The third-order valence-electron chi connectivity index (χ3n) is 1.30. The molecular formula is C8H16N4O3. The summed E-state index contributed by atoms with van der Waals surface area (Å²) in [5.41, 5.74) is 7.35. The first-order valence-corrected chi connectivity index (χ1v) is 4.57. The molecule has 1 amide bonds. The van der Waals surface area contributed by atoms with Crippen LogP contribution in [0.3, 0.4) is 0 Å². The second kappa shape index (κ2) is 6.10. The highest BCUT2D eigenvalue weighted by Gasteiger charge is 2.20. The van der Waals surface area contributed by atoms with E-state index in [2.05, 4.69) is 10.0 Å². The first-order chi connectivity index (χ1) is 6.87. The molecule has 0 bridgehead atoms. The maximum Gasteiger partial charge on any atom is 0.434 e.